The third kappa shape index (κ3) is 5.14. The molecule has 0 aliphatic carbocycles. The van der Waals surface area contributed by atoms with E-state index < -0.39 is 8.32 Å². The Hall–Kier alpha value is -0.693. The topological polar surface area (TPSA) is 18.5 Å². The van der Waals surface area contributed by atoms with E-state index >= 15 is 0 Å². The largest absolute Gasteiger partial charge is 0.407 e. The van der Waals surface area contributed by atoms with E-state index in [4.69, 9.17) is 9.16 Å². The highest BCUT2D eigenvalue weighted by Crippen LogP contribution is 2.37. The van der Waals surface area contributed by atoms with E-state index in [9.17, 15) is 0 Å². The van der Waals surface area contributed by atoms with Crippen LogP contribution in [0.3, 0.4) is 0 Å². The summed E-state index contributed by atoms with van der Waals surface area (Å²) >= 11 is 2.45. The van der Waals surface area contributed by atoms with E-state index in [0.717, 1.165) is 17.5 Å². The maximum Gasteiger partial charge on any atom is 0.261 e. The van der Waals surface area contributed by atoms with Crippen molar-refractivity contribution in [2.45, 2.75) is 64.2 Å². The third-order valence-corrected chi connectivity index (χ3v) is 12.3. The summed E-state index contributed by atoms with van der Waals surface area (Å²) in [6.45, 7) is 10.1. The summed E-state index contributed by atoms with van der Waals surface area (Å²) in [5.41, 5.74) is 0. The van der Waals surface area contributed by atoms with Crippen molar-refractivity contribution >= 4 is 41.3 Å². The van der Waals surface area contributed by atoms with Gasteiger partial charge < -0.3 is 9.16 Å². The Bertz CT molecular complexity index is 705. The van der Waals surface area contributed by atoms with Gasteiger partial charge in [0.05, 0.1) is 12.2 Å². The first kappa shape index (κ1) is 23.0. The predicted molar refractivity (Wildman–Crippen MR) is 134 cm³/mol. The minimum Gasteiger partial charge on any atom is -0.407 e. The van der Waals surface area contributed by atoms with Gasteiger partial charge in [-0.05, 0) is 40.6 Å². The first-order valence-corrected chi connectivity index (χ1v) is 14.3. The lowest BCUT2D eigenvalue weighted by Gasteiger charge is -2.43. The molecule has 2 aromatic rings. The van der Waals surface area contributed by atoms with E-state index in [-0.39, 0.29) is 5.04 Å². The molecule has 1 saturated heterocycles. The van der Waals surface area contributed by atoms with E-state index in [1.807, 2.05) is 0 Å². The number of benzene rings is 2. The van der Waals surface area contributed by atoms with Gasteiger partial charge in [0.1, 0.15) is 0 Å². The molecule has 0 spiro atoms. The Morgan fingerprint density at radius 1 is 0.966 bits per heavy atom. The molecular formula is C25H35IO2Si. The van der Waals surface area contributed by atoms with Gasteiger partial charge in [0.25, 0.3) is 8.32 Å². The summed E-state index contributed by atoms with van der Waals surface area (Å²) in [6.07, 6.45) is 4.14. The van der Waals surface area contributed by atoms with Crippen LogP contribution in [0.15, 0.2) is 60.7 Å². The van der Waals surface area contributed by atoms with Crippen molar-refractivity contribution in [2.24, 2.45) is 5.92 Å². The Balaban J connectivity index is 1.88. The molecular weight excluding hydrogens is 487 g/mol. The molecule has 2 nitrogen and oxygen atoms in total. The molecule has 1 aliphatic rings. The van der Waals surface area contributed by atoms with Crippen molar-refractivity contribution in [2.75, 3.05) is 11.0 Å². The number of ether oxygens (including phenoxy) is 1. The van der Waals surface area contributed by atoms with Crippen molar-refractivity contribution in [3.05, 3.63) is 60.7 Å². The van der Waals surface area contributed by atoms with Gasteiger partial charge in [-0.25, -0.2) is 0 Å². The van der Waals surface area contributed by atoms with E-state index in [1.54, 1.807) is 0 Å². The zero-order valence-corrected chi connectivity index (χ0v) is 21.4. The summed E-state index contributed by atoms with van der Waals surface area (Å²) in [5.74, 6) is 0.608. The Morgan fingerprint density at radius 3 is 2.00 bits per heavy atom. The third-order valence-electron chi connectivity index (χ3n) is 6.26. The second-order valence-electron chi connectivity index (χ2n) is 9.31. The molecule has 0 unspecified atom stereocenters. The molecule has 1 fully saturated rings. The normalized spacial score (nSPS) is 23.1. The molecule has 2 aromatic carbocycles. The van der Waals surface area contributed by atoms with Gasteiger partial charge in [0.15, 0.2) is 0 Å². The molecule has 0 bridgehead atoms. The molecule has 0 amide bonds. The molecule has 158 valence electrons. The van der Waals surface area contributed by atoms with Gasteiger partial charge >= 0.3 is 0 Å². The Kier molecular flexibility index (Phi) is 7.98. The highest BCUT2D eigenvalue weighted by molar-refractivity contribution is 14.1. The lowest BCUT2D eigenvalue weighted by atomic mass is 9.92. The number of hydrogen-bond acceptors (Lipinski definition) is 2. The van der Waals surface area contributed by atoms with Gasteiger partial charge in [0.2, 0.25) is 0 Å². The predicted octanol–water partition coefficient (Wildman–Crippen LogP) is 5.57. The fourth-order valence-electron chi connectivity index (χ4n) is 4.64. The van der Waals surface area contributed by atoms with Gasteiger partial charge in [-0.15, -0.1) is 0 Å². The summed E-state index contributed by atoms with van der Waals surface area (Å²) in [7, 11) is -2.44. The van der Waals surface area contributed by atoms with Crippen LogP contribution in [0.2, 0.25) is 5.04 Å². The van der Waals surface area contributed by atoms with Crippen LogP contribution in [0.25, 0.3) is 0 Å². The van der Waals surface area contributed by atoms with Gasteiger partial charge in [-0.2, -0.15) is 0 Å². The van der Waals surface area contributed by atoms with Crippen LogP contribution in [-0.4, -0.2) is 31.6 Å². The first-order chi connectivity index (χ1) is 13.9. The van der Waals surface area contributed by atoms with Crippen LogP contribution in [-0.2, 0) is 9.16 Å². The molecule has 1 heterocycles. The molecule has 29 heavy (non-hydrogen) atoms. The first-order valence-electron chi connectivity index (χ1n) is 10.8. The number of halogens is 1. The molecule has 0 aromatic heterocycles. The summed E-state index contributed by atoms with van der Waals surface area (Å²) < 4.78 is 14.5. The average Bonchev–Trinajstić information content (AvgIpc) is 2.73. The SMILES string of the molecule is C[C@@H]1CC[C@H](CI)O[C@@H]1CCO[Si](c1ccccc1)(c1ccccc1)C(C)(C)C. The van der Waals surface area contributed by atoms with E-state index in [0.29, 0.717) is 18.1 Å². The second-order valence-corrected chi connectivity index (χ2v) is 14.5. The minimum atomic E-state index is -2.44. The van der Waals surface area contributed by atoms with Gasteiger partial charge in [-0.1, -0.05) is 111 Å². The summed E-state index contributed by atoms with van der Waals surface area (Å²) in [6, 6.07) is 21.8. The number of rotatable bonds is 7. The Morgan fingerprint density at radius 2 is 1.52 bits per heavy atom. The molecule has 1 aliphatic heterocycles. The number of alkyl halides is 1. The lowest BCUT2D eigenvalue weighted by Crippen LogP contribution is -2.66. The molecule has 3 rings (SSSR count). The molecule has 3 atom stereocenters. The van der Waals surface area contributed by atoms with Crippen LogP contribution >= 0.6 is 22.6 Å². The molecule has 0 N–H and O–H groups in total. The van der Waals surface area contributed by atoms with Crippen molar-refractivity contribution in [1.82, 2.24) is 0 Å². The fraction of sp³-hybridized carbons (Fsp3) is 0.520. The molecule has 0 radical (unpaired) electrons. The zero-order chi connectivity index (χ0) is 20.9. The van der Waals surface area contributed by atoms with Crippen LogP contribution in [0, 0.1) is 5.92 Å². The highest BCUT2D eigenvalue weighted by atomic mass is 127. The lowest BCUT2D eigenvalue weighted by molar-refractivity contribution is -0.0742. The van der Waals surface area contributed by atoms with Gasteiger partial charge in [-0.3, -0.25) is 0 Å². The van der Waals surface area contributed by atoms with Crippen LogP contribution in [0.5, 0.6) is 0 Å². The van der Waals surface area contributed by atoms with Crippen molar-refractivity contribution in [3.63, 3.8) is 0 Å². The quantitative estimate of drug-likeness (QED) is 0.269. The highest BCUT2D eigenvalue weighted by Gasteiger charge is 2.50. The number of hydrogen-bond donors (Lipinski definition) is 0. The summed E-state index contributed by atoms with van der Waals surface area (Å²) in [4.78, 5) is 0. The zero-order valence-electron chi connectivity index (χ0n) is 18.2. The van der Waals surface area contributed by atoms with E-state index in [2.05, 4.69) is 111 Å². The molecule has 0 saturated carbocycles. The fourth-order valence-corrected chi connectivity index (χ4v) is 9.87. The van der Waals surface area contributed by atoms with Crippen molar-refractivity contribution < 1.29 is 9.16 Å². The van der Waals surface area contributed by atoms with E-state index in [1.165, 1.54) is 23.2 Å². The Labute approximate surface area is 191 Å². The smallest absolute Gasteiger partial charge is 0.261 e. The average molecular weight is 523 g/mol. The van der Waals surface area contributed by atoms with Crippen LogP contribution < -0.4 is 10.4 Å². The van der Waals surface area contributed by atoms with Crippen LogP contribution in [0.1, 0.15) is 47.0 Å². The monoisotopic (exact) mass is 522 g/mol. The standard InChI is InChI=1S/C25H35IO2Si/c1-20-15-16-21(19-26)28-24(20)17-18-27-29(25(2,3)4,22-11-7-5-8-12-22)23-13-9-6-10-14-23/h5-14,20-21,24H,15-19H2,1-4H3/t20-,21-,24-/m1/s1. The maximum atomic E-state index is 7.04. The van der Waals surface area contributed by atoms with Crippen molar-refractivity contribution in [1.29, 1.82) is 0 Å². The second kappa shape index (κ2) is 10.1. The van der Waals surface area contributed by atoms with Gasteiger partial charge in [0, 0.05) is 11.0 Å². The minimum absolute atomic E-state index is 0.0273. The summed E-state index contributed by atoms with van der Waals surface area (Å²) in [5, 5.41) is 2.72. The molecule has 4 heteroatoms. The van der Waals surface area contributed by atoms with Crippen molar-refractivity contribution in [3.8, 4) is 0 Å². The van der Waals surface area contributed by atoms with Crippen LogP contribution in [0.4, 0.5) is 0 Å². The maximum absolute atomic E-state index is 7.04.